The molecule has 4 nitrogen and oxygen atoms in total. The van der Waals surface area contributed by atoms with Crippen molar-refractivity contribution in [3.63, 3.8) is 0 Å². The maximum Gasteiger partial charge on any atom is 0.122 e. The molecule has 0 spiro atoms. The number of nitrogens with zero attached hydrogens (tertiary/aromatic N) is 3. The molecule has 0 atom stereocenters. The first kappa shape index (κ1) is 10.8. The van der Waals surface area contributed by atoms with Crippen LogP contribution in [-0.4, -0.2) is 14.5 Å². The van der Waals surface area contributed by atoms with Crippen LogP contribution in [0.15, 0.2) is 30.9 Å². The summed E-state index contributed by atoms with van der Waals surface area (Å²) in [4.78, 5) is 8.41. The molecule has 84 valence electrons. The fourth-order valence-electron chi connectivity index (χ4n) is 1.60. The number of nitrogens with one attached hydrogen (secondary N) is 1. The molecule has 0 saturated carbocycles. The van der Waals surface area contributed by atoms with E-state index in [4.69, 9.17) is 0 Å². The Hall–Kier alpha value is -1.68. The van der Waals surface area contributed by atoms with Crippen molar-refractivity contribution < 1.29 is 0 Å². The van der Waals surface area contributed by atoms with Gasteiger partial charge in [-0.3, -0.25) is 4.98 Å². The van der Waals surface area contributed by atoms with Crippen LogP contribution < -0.4 is 5.32 Å². The first-order valence-electron chi connectivity index (χ1n) is 5.33. The van der Waals surface area contributed by atoms with E-state index in [1.54, 1.807) is 0 Å². The lowest BCUT2D eigenvalue weighted by Crippen LogP contribution is -2.15. The van der Waals surface area contributed by atoms with Crippen LogP contribution in [0.4, 0.5) is 0 Å². The van der Waals surface area contributed by atoms with Gasteiger partial charge in [0, 0.05) is 38.4 Å². The second-order valence-electron chi connectivity index (χ2n) is 3.93. The molecule has 0 saturated heterocycles. The minimum absolute atomic E-state index is 0.775. The van der Waals surface area contributed by atoms with E-state index in [2.05, 4.69) is 28.3 Å². The summed E-state index contributed by atoms with van der Waals surface area (Å²) >= 11 is 0. The highest BCUT2D eigenvalue weighted by atomic mass is 15.1. The molecule has 0 radical (unpaired) electrons. The molecule has 0 aliphatic carbocycles. The molecule has 1 N–H and O–H groups in total. The van der Waals surface area contributed by atoms with Crippen molar-refractivity contribution in [2.75, 3.05) is 0 Å². The van der Waals surface area contributed by atoms with Crippen LogP contribution in [-0.2, 0) is 20.1 Å². The fraction of sp³-hybridized carbons (Fsp3) is 0.333. The van der Waals surface area contributed by atoms with Gasteiger partial charge in [-0.15, -0.1) is 0 Å². The van der Waals surface area contributed by atoms with Gasteiger partial charge in [0.25, 0.3) is 0 Å². The number of aryl methyl sites for hydroxylation is 2. The monoisotopic (exact) mass is 216 g/mol. The third-order valence-corrected chi connectivity index (χ3v) is 2.46. The Labute approximate surface area is 95.4 Å². The van der Waals surface area contributed by atoms with Crippen molar-refractivity contribution in [1.82, 2.24) is 19.9 Å². The summed E-state index contributed by atoms with van der Waals surface area (Å²) in [6.45, 7) is 3.65. The van der Waals surface area contributed by atoms with Gasteiger partial charge in [0.05, 0.1) is 6.54 Å². The second-order valence-corrected chi connectivity index (χ2v) is 3.93. The Kier molecular flexibility index (Phi) is 3.31. The minimum atomic E-state index is 0.775. The predicted octanol–water partition coefficient (Wildman–Crippen LogP) is 1.41. The summed E-state index contributed by atoms with van der Waals surface area (Å²) in [6.07, 6.45) is 7.51. The maximum atomic E-state index is 4.25. The van der Waals surface area contributed by atoms with Gasteiger partial charge in [-0.1, -0.05) is 6.07 Å². The molecule has 0 aliphatic heterocycles. The van der Waals surface area contributed by atoms with Crippen molar-refractivity contribution in [3.8, 4) is 0 Å². The van der Waals surface area contributed by atoms with Gasteiger partial charge >= 0.3 is 0 Å². The zero-order valence-electron chi connectivity index (χ0n) is 9.64. The van der Waals surface area contributed by atoms with E-state index in [1.165, 1.54) is 11.1 Å². The summed E-state index contributed by atoms with van der Waals surface area (Å²) in [6, 6.07) is 2.14. The first-order valence-corrected chi connectivity index (χ1v) is 5.33. The molecule has 2 heterocycles. The van der Waals surface area contributed by atoms with Crippen LogP contribution in [0.2, 0.25) is 0 Å². The molecular weight excluding hydrogens is 200 g/mol. The Morgan fingerprint density at radius 2 is 2.19 bits per heavy atom. The lowest BCUT2D eigenvalue weighted by atomic mass is 10.2. The highest BCUT2D eigenvalue weighted by molar-refractivity contribution is 5.16. The van der Waals surface area contributed by atoms with Crippen molar-refractivity contribution >= 4 is 0 Å². The predicted molar refractivity (Wildman–Crippen MR) is 62.7 cm³/mol. The average molecular weight is 216 g/mol. The van der Waals surface area contributed by atoms with Gasteiger partial charge in [-0.2, -0.15) is 0 Å². The largest absolute Gasteiger partial charge is 0.337 e. The zero-order valence-corrected chi connectivity index (χ0v) is 9.64. The van der Waals surface area contributed by atoms with E-state index < -0.39 is 0 Å². The molecule has 0 aromatic carbocycles. The molecule has 2 aromatic heterocycles. The van der Waals surface area contributed by atoms with Crippen molar-refractivity contribution in [1.29, 1.82) is 0 Å². The van der Waals surface area contributed by atoms with Crippen LogP contribution in [0.1, 0.15) is 17.0 Å². The number of hydrogen-bond donors (Lipinski definition) is 1. The van der Waals surface area contributed by atoms with Gasteiger partial charge in [-0.25, -0.2) is 4.98 Å². The van der Waals surface area contributed by atoms with Crippen LogP contribution in [0.25, 0.3) is 0 Å². The molecule has 4 heteroatoms. The lowest BCUT2D eigenvalue weighted by molar-refractivity contribution is 0.637. The van der Waals surface area contributed by atoms with E-state index in [0.717, 1.165) is 18.9 Å². The number of pyridine rings is 1. The third-order valence-electron chi connectivity index (χ3n) is 2.46. The fourth-order valence-corrected chi connectivity index (χ4v) is 1.60. The lowest BCUT2D eigenvalue weighted by Gasteiger charge is -2.05. The number of imidazole rings is 1. The van der Waals surface area contributed by atoms with Crippen LogP contribution in [0, 0.1) is 6.92 Å². The van der Waals surface area contributed by atoms with E-state index in [9.17, 15) is 0 Å². The van der Waals surface area contributed by atoms with Gasteiger partial charge < -0.3 is 9.88 Å². The van der Waals surface area contributed by atoms with E-state index in [-0.39, 0.29) is 0 Å². The molecule has 0 aliphatic rings. The van der Waals surface area contributed by atoms with Crippen molar-refractivity contribution in [3.05, 3.63) is 47.8 Å². The molecule has 16 heavy (non-hydrogen) atoms. The molecule has 0 unspecified atom stereocenters. The normalized spacial score (nSPS) is 10.6. The zero-order chi connectivity index (χ0) is 11.4. The molecule has 2 aromatic rings. The Balaban J connectivity index is 1.87. The summed E-state index contributed by atoms with van der Waals surface area (Å²) in [5.74, 6) is 1.04. The summed E-state index contributed by atoms with van der Waals surface area (Å²) < 4.78 is 2.02. The third kappa shape index (κ3) is 2.67. The van der Waals surface area contributed by atoms with E-state index >= 15 is 0 Å². The highest BCUT2D eigenvalue weighted by Gasteiger charge is 1.98. The van der Waals surface area contributed by atoms with Crippen molar-refractivity contribution in [2.24, 2.45) is 7.05 Å². The van der Waals surface area contributed by atoms with Crippen LogP contribution in [0.3, 0.4) is 0 Å². The smallest absolute Gasteiger partial charge is 0.122 e. The molecule has 0 bridgehead atoms. The summed E-state index contributed by atoms with van der Waals surface area (Å²) in [5.41, 5.74) is 2.39. The SMILES string of the molecule is Cc1cncc(CNCc2nccn2C)c1. The molecule has 2 rings (SSSR count). The minimum Gasteiger partial charge on any atom is -0.337 e. The Morgan fingerprint density at radius 3 is 2.88 bits per heavy atom. The van der Waals surface area contributed by atoms with E-state index in [1.807, 2.05) is 36.4 Å². The summed E-state index contributed by atoms with van der Waals surface area (Å²) in [5, 5.41) is 3.35. The van der Waals surface area contributed by atoms with Gasteiger partial charge in [0.1, 0.15) is 5.82 Å². The van der Waals surface area contributed by atoms with Crippen molar-refractivity contribution in [2.45, 2.75) is 20.0 Å². The second kappa shape index (κ2) is 4.90. The number of hydrogen-bond acceptors (Lipinski definition) is 3. The van der Waals surface area contributed by atoms with Gasteiger partial charge in [0.2, 0.25) is 0 Å². The standard InChI is InChI=1S/C12H16N4/c1-10-5-11(7-13-6-10)8-14-9-12-15-3-4-16(12)2/h3-7,14H,8-9H2,1-2H3. The van der Waals surface area contributed by atoms with E-state index in [0.29, 0.717) is 0 Å². The quantitative estimate of drug-likeness (QED) is 0.840. The molecule has 0 fully saturated rings. The first-order chi connectivity index (χ1) is 7.75. The highest BCUT2D eigenvalue weighted by Crippen LogP contribution is 2.01. The Morgan fingerprint density at radius 1 is 1.31 bits per heavy atom. The van der Waals surface area contributed by atoms with Gasteiger partial charge in [0.15, 0.2) is 0 Å². The van der Waals surface area contributed by atoms with Gasteiger partial charge in [-0.05, 0) is 18.1 Å². The Bertz CT molecular complexity index is 462. The topological polar surface area (TPSA) is 42.7 Å². The maximum absolute atomic E-state index is 4.25. The average Bonchev–Trinajstić information content (AvgIpc) is 2.65. The van der Waals surface area contributed by atoms with Crippen LogP contribution in [0.5, 0.6) is 0 Å². The summed E-state index contributed by atoms with van der Waals surface area (Å²) in [7, 11) is 2.00. The molecule has 0 amide bonds. The number of rotatable bonds is 4. The molecular formula is C12H16N4. The van der Waals surface area contributed by atoms with Crippen LogP contribution >= 0.6 is 0 Å². The number of aromatic nitrogens is 3.